The molecule has 1 N–H and O–H groups in total. The number of piperidine rings is 1. The molecule has 0 aromatic rings. The summed E-state index contributed by atoms with van der Waals surface area (Å²) >= 11 is 0. The van der Waals surface area contributed by atoms with E-state index in [-0.39, 0.29) is 12.0 Å². The van der Waals surface area contributed by atoms with Gasteiger partial charge in [0.1, 0.15) is 0 Å². The van der Waals surface area contributed by atoms with Gasteiger partial charge < -0.3 is 14.7 Å². The van der Waals surface area contributed by atoms with Crippen LogP contribution >= 0.6 is 0 Å². The molecule has 0 bridgehead atoms. The van der Waals surface area contributed by atoms with Crippen molar-refractivity contribution in [2.75, 3.05) is 33.4 Å². The van der Waals surface area contributed by atoms with Crippen LogP contribution in [0.5, 0.6) is 0 Å². The number of nitrogens with zero attached hydrogens (tertiary/aromatic N) is 1. The predicted octanol–water partition coefficient (Wildman–Crippen LogP) is 2.20. The lowest BCUT2D eigenvalue weighted by molar-refractivity contribution is -0.137. The van der Waals surface area contributed by atoms with Gasteiger partial charge in [0.05, 0.1) is 6.61 Å². The van der Waals surface area contributed by atoms with Crippen LogP contribution in [0.4, 0.5) is 0 Å². The average Bonchev–Trinajstić information content (AvgIpc) is 2.98. The van der Waals surface area contributed by atoms with Crippen LogP contribution in [-0.2, 0) is 9.53 Å². The van der Waals surface area contributed by atoms with Crippen LogP contribution < -0.4 is 0 Å². The first-order chi connectivity index (χ1) is 9.69. The number of carbonyl (C=O) groups is 1. The highest BCUT2D eigenvalue weighted by molar-refractivity contribution is 5.76. The van der Waals surface area contributed by atoms with E-state index >= 15 is 0 Å². The van der Waals surface area contributed by atoms with Crippen molar-refractivity contribution in [3.63, 3.8) is 0 Å². The van der Waals surface area contributed by atoms with Crippen LogP contribution in [-0.4, -0.2) is 49.3 Å². The van der Waals surface area contributed by atoms with Crippen molar-refractivity contribution in [2.24, 2.45) is 11.3 Å². The zero-order valence-electron chi connectivity index (χ0n) is 12.8. The zero-order chi connectivity index (χ0) is 14.4. The molecule has 1 saturated heterocycles. The van der Waals surface area contributed by atoms with Crippen molar-refractivity contribution >= 4 is 5.91 Å². The molecule has 0 spiro atoms. The number of likely N-dealkylation sites (tertiary alicyclic amines) is 1. The fourth-order valence-electron chi connectivity index (χ4n) is 3.74. The monoisotopic (exact) mass is 283 g/mol. The Kier molecular flexibility index (Phi) is 5.85. The highest BCUT2D eigenvalue weighted by atomic mass is 16.5. The fraction of sp³-hybridized carbons (Fsp3) is 0.938. The van der Waals surface area contributed by atoms with Crippen molar-refractivity contribution in [1.82, 2.24) is 4.90 Å². The number of hydrogen-bond donors (Lipinski definition) is 1. The Morgan fingerprint density at radius 3 is 2.75 bits per heavy atom. The number of aliphatic hydroxyl groups excluding tert-OH is 1. The zero-order valence-corrected chi connectivity index (χ0v) is 12.8. The number of hydrogen-bond acceptors (Lipinski definition) is 3. The third-order valence-corrected chi connectivity index (χ3v) is 5.12. The molecule has 2 rings (SSSR count). The topological polar surface area (TPSA) is 49.8 Å². The Labute approximate surface area is 122 Å². The van der Waals surface area contributed by atoms with Gasteiger partial charge in [-0.15, -0.1) is 0 Å². The number of methoxy groups -OCH3 is 1. The number of carbonyl (C=O) groups excluding carboxylic acids is 1. The fourth-order valence-corrected chi connectivity index (χ4v) is 3.74. The average molecular weight is 283 g/mol. The second kappa shape index (κ2) is 7.41. The van der Waals surface area contributed by atoms with Gasteiger partial charge >= 0.3 is 0 Å². The van der Waals surface area contributed by atoms with Crippen molar-refractivity contribution in [1.29, 1.82) is 0 Å². The molecule has 1 atom stereocenters. The summed E-state index contributed by atoms with van der Waals surface area (Å²) in [5.74, 6) is 0.902. The van der Waals surface area contributed by atoms with E-state index in [0.717, 1.165) is 25.8 Å². The molecule has 0 radical (unpaired) electrons. The number of aliphatic hydroxyl groups is 1. The first kappa shape index (κ1) is 15.8. The summed E-state index contributed by atoms with van der Waals surface area (Å²) in [6.07, 6.45) is 8.56. The minimum absolute atomic E-state index is 0.139. The molecule has 0 aromatic heterocycles. The molecule has 1 aliphatic heterocycles. The van der Waals surface area contributed by atoms with E-state index in [9.17, 15) is 9.90 Å². The maximum absolute atomic E-state index is 12.4. The molecule has 20 heavy (non-hydrogen) atoms. The Hall–Kier alpha value is -0.610. The molecular weight excluding hydrogens is 254 g/mol. The van der Waals surface area contributed by atoms with E-state index < -0.39 is 0 Å². The lowest BCUT2D eigenvalue weighted by Crippen LogP contribution is -2.48. The minimum atomic E-state index is -0.139. The molecule has 4 heteroatoms. The molecule has 116 valence electrons. The lowest BCUT2D eigenvalue weighted by atomic mass is 9.78. The number of ether oxygens (including phenoxy) is 1. The van der Waals surface area contributed by atoms with Gasteiger partial charge in [-0.05, 0) is 38.0 Å². The largest absolute Gasteiger partial charge is 0.396 e. The third kappa shape index (κ3) is 3.95. The summed E-state index contributed by atoms with van der Waals surface area (Å²) in [7, 11) is 1.69. The quantitative estimate of drug-likeness (QED) is 0.813. The van der Waals surface area contributed by atoms with E-state index in [2.05, 4.69) is 0 Å². The Morgan fingerprint density at radius 1 is 1.35 bits per heavy atom. The van der Waals surface area contributed by atoms with Gasteiger partial charge in [-0.1, -0.05) is 12.8 Å². The first-order valence-corrected chi connectivity index (χ1v) is 8.07. The summed E-state index contributed by atoms with van der Waals surface area (Å²) < 4.78 is 5.16. The Bertz CT molecular complexity index is 315. The van der Waals surface area contributed by atoms with Crippen molar-refractivity contribution in [2.45, 2.75) is 51.4 Å². The summed E-state index contributed by atoms with van der Waals surface area (Å²) in [6.45, 7) is 2.38. The van der Waals surface area contributed by atoms with Gasteiger partial charge in [-0.3, -0.25) is 4.79 Å². The van der Waals surface area contributed by atoms with Crippen molar-refractivity contribution in [3.05, 3.63) is 0 Å². The highest BCUT2D eigenvalue weighted by Gasteiger charge is 2.36. The Balaban J connectivity index is 1.88. The standard InChI is InChI=1S/C16H29NO3/c1-20-10-8-16(13-18)7-4-9-17(12-16)15(19)11-14-5-2-3-6-14/h14,18H,2-13H2,1H3. The van der Waals surface area contributed by atoms with Gasteiger partial charge in [-0.25, -0.2) is 0 Å². The Morgan fingerprint density at radius 2 is 2.10 bits per heavy atom. The van der Waals surface area contributed by atoms with Crippen molar-refractivity contribution in [3.8, 4) is 0 Å². The molecule has 2 aliphatic rings. The van der Waals surface area contributed by atoms with Gasteiger partial charge in [0, 0.05) is 38.6 Å². The highest BCUT2D eigenvalue weighted by Crippen LogP contribution is 2.34. The van der Waals surface area contributed by atoms with Crippen LogP contribution in [0.1, 0.15) is 51.4 Å². The molecule has 1 unspecified atom stereocenters. The third-order valence-electron chi connectivity index (χ3n) is 5.12. The second-order valence-corrected chi connectivity index (χ2v) is 6.67. The summed E-state index contributed by atoms with van der Waals surface area (Å²) in [5.41, 5.74) is -0.139. The first-order valence-electron chi connectivity index (χ1n) is 8.07. The molecule has 1 saturated carbocycles. The maximum Gasteiger partial charge on any atom is 0.222 e. The summed E-state index contributed by atoms with van der Waals surface area (Å²) in [5, 5.41) is 9.76. The van der Waals surface area contributed by atoms with E-state index in [1.54, 1.807) is 7.11 Å². The van der Waals surface area contributed by atoms with Gasteiger partial charge in [0.2, 0.25) is 5.91 Å². The number of amides is 1. The molecule has 2 fully saturated rings. The summed E-state index contributed by atoms with van der Waals surface area (Å²) in [4.78, 5) is 14.4. The maximum atomic E-state index is 12.4. The normalized spacial score (nSPS) is 28.0. The van der Waals surface area contributed by atoms with Crippen LogP contribution in [0.15, 0.2) is 0 Å². The molecule has 1 aliphatic carbocycles. The van der Waals surface area contributed by atoms with Crippen LogP contribution in [0.25, 0.3) is 0 Å². The van der Waals surface area contributed by atoms with E-state index in [4.69, 9.17) is 4.74 Å². The van der Waals surface area contributed by atoms with E-state index in [1.807, 2.05) is 4.90 Å². The molecule has 0 aromatic carbocycles. The van der Waals surface area contributed by atoms with Gasteiger partial charge in [0.25, 0.3) is 0 Å². The van der Waals surface area contributed by atoms with Crippen LogP contribution in [0.3, 0.4) is 0 Å². The number of rotatable bonds is 6. The molecule has 1 heterocycles. The molecular formula is C16H29NO3. The minimum Gasteiger partial charge on any atom is -0.396 e. The summed E-state index contributed by atoms with van der Waals surface area (Å²) in [6, 6.07) is 0. The smallest absolute Gasteiger partial charge is 0.222 e. The molecule has 1 amide bonds. The van der Waals surface area contributed by atoms with Gasteiger partial charge in [0.15, 0.2) is 0 Å². The van der Waals surface area contributed by atoms with Crippen molar-refractivity contribution < 1.29 is 14.6 Å². The lowest BCUT2D eigenvalue weighted by Gasteiger charge is -2.42. The van der Waals surface area contributed by atoms with E-state index in [1.165, 1.54) is 25.7 Å². The molecule has 4 nitrogen and oxygen atoms in total. The van der Waals surface area contributed by atoms with Crippen LogP contribution in [0.2, 0.25) is 0 Å². The van der Waals surface area contributed by atoms with Crippen LogP contribution in [0, 0.1) is 11.3 Å². The second-order valence-electron chi connectivity index (χ2n) is 6.67. The van der Waals surface area contributed by atoms with E-state index in [0.29, 0.717) is 31.4 Å². The van der Waals surface area contributed by atoms with Gasteiger partial charge in [-0.2, -0.15) is 0 Å². The predicted molar refractivity (Wildman–Crippen MR) is 78.4 cm³/mol. The SMILES string of the molecule is COCCC1(CO)CCCN(C(=O)CC2CCCC2)C1.